The van der Waals surface area contributed by atoms with E-state index in [-0.39, 0.29) is 29.7 Å². The average molecular weight is 387 g/mol. The predicted octanol–water partition coefficient (Wildman–Crippen LogP) is 2.30. The number of rotatable bonds is 5. The van der Waals surface area contributed by atoms with Gasteiger partial charge in [-0.3, -0.25) is 14.5 Å². The van der Waals surface area contributed by atoms with Gasteiger partial charge in [-0.25, -0.2) is 9.59 Å². The van der Waals surface area contributed by atoms with Crippen LogP contribution in [0.2, 0.25) is 0 Å². The number of carbonyl (C=O) groups is 4. The van der Waals surface area contributed by atoms with Gasteiger partial charge < -0.3 is 15.4 Å². The van der Waals surface area contributed by atoms with E-state index < -0.39 is 30.0 Å². The van der Waals surface area contributed by atoms with Gasteiger partial charge in [0.05, 0.1) is 17.9 Å². The number of carbonyl (C=O) groups excluding carboxylic acids is 4. The fraction of sp³-hybridized carbons (Fsp3) is 0.500. The molecule has 150 valence electrons. The monoisotopic (exact) mass is 387 g/mol. The molecule has 2 atom stereocenters. The largest absolute Gasteiger partial charge is 0.462 e. The third kappa shape index (κ3) is 3.58. The number of nitrogens with zero attached hydrogens (tertiary/aromatic N) is 1. The number of benzene rings is 1. The van der Waals surface area contributed by atoms with Crippen LogP contribution in [-0.4, -0.2) is 47.4 Å². The number of hydrogen-bond donors (Lipinski definition) is 2. The second-order valence-corrected chi connectivity index (χ2v) is 7.25. The lowest BCUT2D eigenvalue weighted by molar-refractivity contribution is -0.136. The Morgan fingerprint density at radius 3 is 2.75 bits per heavy atom. The van der Waals surface area contributed by atoms with Gasteiger partial charge in [0.15, 0.2) is 0 Å². The fourth-order valence-corrected chi connectivity index (χ4v) is 3.95. The van der Waals surface area contributed by atoms with Gasteiger partial charge in [0.25, 0.3) is 5.91 Å². The van der Waals surface area contributed by atoms with E-state index in [0.717, 1.165) is 24.2 Å². The molecule has 1 saturated carbocycles. The molecule has 0 bridgehead atoms. The van der Waals surface area contributed by atoms with Crippen LogP contribution in [0.4, 0.5) is 10.5 Å². The zero-order chi connectivity index (χ0) is 20.3. The van der Waals surface area contributed by atoms with E-state index in [1.54, 1.807) is 31.2 Å². The first-order valence-corrected chi connectivity index (χ1v) is 9.59. The van der Waals surface area contributed by atoms with Crippen LogP contribution in [0.25, 0.3) is 0 Å². The molecule has 2 N–H and O–H groups in total. The maximum atomic E-state index is 12.9. The predicted molar refractivity (Wildman–Crippen MR) is 102 cm³/mol. The van der Waals surface area contributed by atoms with Gasteiger partial charge in [-0.05, 0) is 37.8 Å². The molecule has 1 aromatic rings. The minimum atomic E-state index is -0.904. The maximum Gasteiger partial charge on any atom is 0.340 e. The highest BCUT2D eigenvalue weighted by molar-refractivity contribution is 6.11. The molecular formula is C20H25N3O5. The Balaban J connectivity index is 1.71. The van der Waals surface area contributed by atoms with E-state index >= 15 is 0 Å². The molecule has 8 nitrogen and oxygen atoms in total. The Kier molecular flexibility index (Phi) is 5.67. The zero-order valence-corrected chi connectivity index (χ0v) is 16.1. The molecule has 2 unspecified atom stereocenters. The van der Waals surface area contributed by atoms with Crippen molar-refractivity contribution >= 4 is 29.5 Å². The third-order valence-corrected chi connectivity index (χ3v) is 5.50. The number of nitrogens with one attached hydrogen (secondary N) is 2. The number of hydrogen-bond acceptors (Lipinski definition) is 5. The van der Waals surface area contributed by atoms with Crippen molar-refractivity contribution in [2.45, 2.75) is 45.1 Å². The summed E-state index contributed by atoms with van der Waals surface area (Å²) in [5, 5.41) is 5.42. The molecule has 4 amide bonds. The average Bonchev–Trinajstić information content (AvgIpc) is 2.90. The number of anilines is 1. The molecule has 1 saturated heterocycles. The van der Waals surface area contributed by atoms with Crippen LogP contribution in [0.5, 0.6) is 0 Å². The first-order chi connectivity index (χ1) is 13.4. The highest BCUT2D eigenvalue weighted by atomic mass is 16.5. The Morgan fingerprint density at radius 1 is 1.29 bits per heavy atom. The smallest absolute Gasteiger partial charge is 0.340 e. The molecule has 28 heavy (non-hydrogen) atoms. The van der Waals surface area contributed by atoms with Crippen LogP contribution in [0.15, 0.2) is 24.3 Å². The van der Waals surface area contributed by atoms with Crippen LogP contribution in [0.1, 0.15) is 49.9 Å². The van der Waals surface area contributed by atoms with Crippen molar-refractivity contribution in [3.05, 3.63) is 29.8 Å². The van der Waals surface area contributed by atoms with Crippen LogP contribution in [-0.2, 0) is 14.3 Å². The number of esters is 1. The number of amides is 4. The summed E-state index contributed by atoms with van der Waals surface area (Å²) in [5.74, 6) is -1.43. The van der Waals surface area contributed by atoms with Crippen LogP contribution >= 0.6 is 0 Å². The van der Waals surface area contributed by atoms with E-state index in [1.165, 1.54) is 0 Å². The van der Waals surface area contributed by atoms with E-state index in [1.807, 2.05) is 6.92 Å². The Bertz CT molecular complexity index is 809. The molecule has 1 spiro atoms. The lowest BCUT2D eigenvalue weighted by Gasteiger charge is -2.36. The summed E-state index contributed by atoms with van der Waals surface area (Å²) in [6.07, 6.45) is 3.34. The van der Waals surface area contributed by atoms with Gasteiger partial charge >= 0.3 is 12.0 Å². The topological polar surface area (TPSA) is 105 Å². The summed E-state index contributed by atoms with van der Waals surface area (Å²) in [6.45, 7) is 3.45. The lowest BCUT2D eigenvalue weighted by Crippen LogP contribution is -2.54. The zero-order valence-electron chi connectivity index (χ0n) is 16.1. The minimum Gasteiger partial charge on any atom is -0.462 e. The standard InChI is InChI=1S/C20H25N3O5/c1-3-28-17(25)14-9-4-5-10-15(14)21-16(24)12-23-18(26)20(22-19(23)27)11-7-6-8-13(20)2/h4-5,9-10,13H,3,6-8,11-12H2,1-2H3,(H,21,24)(H,22,27). The second-order valence-electron chi connectivity index (χ2n) is 7.25. The number of para-hydroxylation sites is 1. The van der Waals surface area contributed by atoms with E-state index in [2.05, 4.69) is 10.6 Å². The molecule has 2 aliphatic rings. The molecule has 8 heteroatoms. The molecule has 1 heterocycles. The van der Waals surface area contributed by atoms with Crippen LogP contribution in [0.3, 0.4) is 0 Å². The van der Waals surface area contributed by atoms with Crippen molar-refractivity contribution in [3.63, 3.8) is 0 Å². The molecule has 3 rings (SSSR count). The third-order valence-electron chi connectivity index (χ3n) is 5.50. The van der Waals surface area contributed by atoms with E-state index in [9.17, 15) is 19.2 Å². The maximum absolute atomic E-state index is 12.9. The van der Waals surface area contributed by atoms with Gasteiger partial charge in [0, 0.05) is 0 Å². The fourth-order valence-electron chi connectivity index (χ4n) is 3.95. The minimum absolute atomic E-state index is 0.0234. The molecule has 1 aliphatic carbocycles. The normalized spacial score (nSPS) is 24.2. The molecular weight excluding hydrogens is 362 g/mol. The van der Waals surface area contributed by atoms with Gasteiger partial charge in [-0.1, -0.05) is 31.9 Å². The van der Waals surface area contributed by atoms with E-state index in [0.29, 0.717) is 6.42 Å². The van der Waals surface area contributed by atoms with Crippen molar-refractivity contribution in [2.75, 3.05) is 18.5 Å². The summed E-state index contributed by atoms with van der Waals surface area (Å²) in [7, 11) is 0. The molecule has 0 radical (unpaired) electrons. The summed E-state index contributed by atoms with van der Waals surface area (Å²) < 4.78 is 4.99. The summed E-state index contributed by atoms with van der Waals surface area (Å²) in [5.41, 5.74) is -0.413. The first-order valence-electron chi connectivity index (χ1n) is 9.59. The molecule has 1 aliphatic heterocycles. The summed E-state index contributed by atoms with van der Waals surface area (Å²) >= 11 is 0. The molecule has 1 aromatic carbocycles. The highest BCUT2D eigenvalue weighted by Gasteiger charge is 2.55. The van der Waals surface area contributed by atoms with Gasteiger partial charge in [0.1, 0.15) is 12.1 Å². The number of imide groups is 1. The van der Waals surface area contributed by atoms with Crippen molar-refractivity contribution in [1.29, 1.82) is 0 Å². The second kappa shape index (κ2) is 8.00. The first kappa shape index (κ1) is 19.9. The van der Waals surface area contributed by atoms with Crippen molar-refractivity contribution in [2.24, 2.45) is 5.92 Å². The van der Waals surface area contributed by atoms with Crippen molar-refractivity contribution < 1.29 is 23.9 Å². The van der Waals surface area contributed by atoms with Gasteiger partial charge in [-0.15, -0.1) is 0 Å². The van der Waals surface area contributed by atoms with Crippen molar-refractivity contribution in [1.82, 2.24) is 10.2 Å². The number of urea groups is 1. The highest BCUT2D eigenvalue weighted by Crippen LogP contribution is 2.38. The van der Waals surface area contributed by atoms with E-state index in [4.69, 9.17) is 4.74 Å². The Labute approximate surface area is 163 Å². The lowest BCUT2D eigenvalue weighted by atomic mass is 9.73. The Hall–Kier alpha value is -2.90. The molecule has 0 aromatic heterocycles. The number of ether oxygens (including phenoxy) is 1. The quantitative estimate of drug-likeness (QED) is 0.596. The van der Waals surface area contributed by atoms with Crippen molar-refractivity contribution in [3.8, 4) is 0 Å². The van der Waals surface area contributed by atoms with Crippen LogP contribution in [0, 0.1) is 5.92 Å². The summed E-state index contributed by atoms with van der Waals surface area (Å²) in [6, 6.07) is 5.89. The summed E-state index contributed by atoms with van der Waals surface area (Å²) in [4.78, 5) is 50.8. The van der Waals surface area contributed by atoms with Gasteiger partial charge in [0.2, 0.25) is 5.91 Å². The van der Waals surface area contributed by atoms with Gasteiger partial charge in [-0.2, -0.15) is 0 Å². The Morgan fingerprint density at radius 2 is 2.04 bits per heavy atom. The SMILES string of the molecule is CCOC(=O)c1ccccc1NC(=O)CN1C(=O)NC2(CCCCC2C)C1=O. The van der Waals surface area contributed by atoms with Crippen LogP contribution < -0.4 is 10.6 Å². The molecule has 2 fully saturated rings.